The summed E-state index contributed by atoms with van der Waals surface area (Å²) in [5, 5.41) is 10.1. The highest BCUT2D eigenvalue weighted by Crippen LogP contribution is 2.24. The van der Waals surface area contributed by atoms with Gasteiger partial charge in [0, 0.05) is 16.6 Å². The SMILES string of the molecule is O=C(O)C1CCCN1CCOc1cc(Cl)cc(Cl)c1. The van der Waals surface area contributed by atoms with Crippen molar-refractivity contribution in [2.24, 2.45) is 0 Å². The van der Waals surface area contributed by atoms with Crippen molar-refractivity contribution in [3.05, 3.63) is 28.2 Å². The normalized spacial score (nSPS) is 19.6. The van der Waals surface area contributed by atoms with Crippen molar-refractivity contribution in [2.75, 3.05) is 19.7 Å². The van der Waals surface area contributed by atoms with Gasteiger partial charge in [0.1, 0.15) is 18.4 Å². The zero-order valence-corrected chi connectivity index (χ0v) is 11.8. The van der Waals surface area contributed by atoms with E-state index in [0.29, 0.717) is 35.4 Å². The Morgan fingerprint density at radius 1 is 1.37 bits per heavy atom. The van der Waals surface area contributed by atoms with E-state index in [1.807, 2.05) is 4.90 Å². The first-order chi connectivity index (χ1) is 9.06. The first-order valence-corrected chi connectivity index (χ1v) is 6.87. The molecule has 0 amide bonds. The van der Waals surface area contributed by atoms with Gasteiger partial charge in [0.2, 0.25) is 0 Å². The van der Waals surface area contributed by atoms with Crippen molar-refractivity contribution in [3.63, 3.8) is 0 Å². The lowest BCUT2D eigenvalue weighted by atomic mass is 10.2. The minimum atomic E-state index is -0.761. The Balaban J connectivity index is 1.84. The van der Waals surface area contributed by atoms with Crippen LogP contribution >= 0.6 is 23.2 Å². The fraction of sp³-hybridized carbons (Fsp3) is 0.462. The summed E-state index contributed by atoms with van der Waals surface area (Å²) in [6, 6.07) is 4.63. The van der Waals surface area contributed by atoms with E-state index in [2.05, 4.69) is 0 Å². The van der Waals surface area contributed by atoms with Gasteiger partial charge in [0.05, 0.1) is 0 Å². The minimum absolute atomic E-state index is 0.383. The van der Waals surface area contributed by atoms with Gasteiger partial charge in [0.25, 0.3) is 0 Å². The van der Waals surface area contributed by atoms with E-state index in [1.165, 1.54) is 0 Å². The first kappa shape index (κ1) is 14.4. The number of hydrogen-bond donors (Lipinski definition) is 1. The standard InChI is InChI=1S/C13H15Cl2NO3/c14-9-6-10(15)8-11(7-9)19-5-4-16-3-1-2-12(16)13(17)18/h6-8,12H,1-5H2,(H,17,18). The molecule has 2 rings (SSSR count). The molecule has 1 aromatic carbocycles. The summed E-state index contributed by atoms with van der Waals surface area (Å²) in [4.78, 5) is 12.9. The molecule has 6 heteroatoms. The third-order valence-corrected chi connectivity index (χ3v) is 3.57. The van der Waals surface area contributed by atoms with E-state index in [4.69, 9.17) is 33.0 Å². The Morgan fingerprint density at radius 2 is 2.05 bits per heavy atom. The maximum Gasteiger partial charge on any atom is 0.320 e. The van der Waals surface area contributed by atoms with Crippen molar-refractivity contribution in [1.29, 1.82) is 0 Å². The van der Waals surface area contributed by atoms with Gasteiger partial charge in [0.15, 0.2) is 0 Å². The summed E-state index contributed by atoms with van der Waals surface area (Å²) >= 11 is 11.7. The lowest BCUT2D eigenvalue weighted by Gasteiger charge is -2.20. The zero-order chi connectivity index (χ0) is 13.8. The summed E-state index contributed by atoms with van der Waals surface area (Å²) in [6.45, 7) is 1.80. The Kier molecular flexibility index (Phi) is 4.91. The molecule has 104 valence electrons. The number of likely N-dealkylation sites (tertiary alicyclic amines) is 1. The van der Waals surface area contributed by atoms with Crippen LogP contribution in [0.3, 0.4) is 0 Å². The molecule has 0 saturated carbocycles. The number of carboxylic acid groups (broad SMARTS) is 1. The Morgan fingerprint density at radius 3 is 2.68 bits per heavy atom. The van der Waals surface area contributed by atoms with Crippen molar-refractivity contribution in [1.82, 2.24) is 4.90 Å². The Hall–Kier alpha value is -0.970. The van der Waals surface area contributed by atoms with Gasteiger partial charge in [-0.3, -0.25) is 9.69 Å². The average Bonchev–Trinajstić information content (AvgIpc) is 2.76. The van der Waals surface area contributed by atoms with Crippen LogP contribution in [0.5, 0.6) is 5.75 Å². The molecule has 0 aromatic heterocycles. The van der Waals surface area contributed by atoms with Gasteiger partial charge in [-0.1, -0.05) is 23.2 Å². The smallest absolute Gasteiger partial charge is 0.320 e. The van der Waals surface area contributed by atoms with Gasteiger partial charge < -0.3 is 9.84 Å². The summed E-state index contributed by atoms with van der Waals surface area (Å²) in [7, 11) is 0. The molecule has 1 fully saturated rings. The maximum absolute atomic E-state index is 11.0. The second kappa shape index (κ2) is 6.46. The van der Waals surface area contributed by atoms with E-state index in [1.54, 1.807) is 18.2 Å². The number of nitrogens with zero attached hydrogens (tertiary/aromatic N) is 1. The molecule has 1 aliphatic heterocycles. The predicted octanol–water partition coefficient (Wildman–Crippen LogP) is 2.92. The highest BCUT2D eigenvalue weighted by atomic mass is 35.5. The van der Waals surface area contributed by atoms with Crippen molar-refractivity contribution >= 4 is 29.2 Å². The van der Waals surface area contributed by atoms with Crippen molar-refractivity contribution in [2.45, 2.75) is 18.9 Å². The second-order valence-corrected chi connectivity index (χ2v) is 5.36. The van der Waals surface area contributed by atoms with Gasteiger partial charge >= 0.3 is 5.97 Å². The number of rotatable bonds is 5. The average molecular weight is 304 g/mol. The van der Waals surface area contributed by atoms with E-state index in [-0.39, 0.29) is 6.04 Å². The van der Waals surface area contributed by atoms with Gasteiger partial charge in [-0.25, -0.2) is 0 Å². The van der Waals surface area contributed by atoms with Crippen molar-refractivity contribution < 1.29 is 14.6 Å². The van der Waals surface area contributed by atoms with Crippen LogP contribution in [0.2, 0.25) is 10.0 Å². The van der Waals surface area contributed by atoms with Crippen LogP contribution in [-0.4, -0.2) is 41.7 Å². The van der Waals surface area contributed by atoms with Gasteiger partial charge in [-0.15, -0.1) is 0 Å². The quantitative estimate of drug-likeness (QED) is 0.908. The van der Waals surface area contributed by atoms with Crippen LogP contribution in [0, 0.1) is 0 Å². The topological polar surface area (TPSA) is 49.8 Å². The number of carboxylic acids is 1. The monoisotopic (exact) mass is 303 g/mol. The Bertz CT molecular complexity index is 447. The lowest BCUT2D eigenvalue weighted by molar-refractivity contribution is -0.142. The van der Waals surface area contributed by atoms with Gasteiger partial charge in [-0.2, -0.15) is 0 Å². The molecule has 1 aromatic rings. The number of benzene rings is 1. The minimum Gasteiger partial charge on any atom is -0.492 e. The van der Waals surface area contributed by atoms with Crippen LogP contribution < -0.4 is 4.74 Å². The summed E-state index contributed by atoms with van der Waals surface area (Å²) < 4.78 is 5.55. The molecule has 1 unspecified atom stereocenters. The maximum atomic E-state index is 11.0. The molecule has 0 bridgehead atoms. The molecule has 1 aliphatic rings. The number of hydrogen-bond acceptors (Lipinski definition) is 3. The fourth-order valence-corrected chi connectivity index (χ4v) is 2.77. The van der Waals surface area contributed by atoms with Gasteiger partial charge in [-0.05, 0) is 37.6 Å². The zero-order valence-electron chi connectivity index (χ0n) is 10.3. The third kappa shape index (κ3) is 4.00. The molecule has 1 N–H and O–H groups in total. The molecule has 0 radical (unpaired) electrons. The Labute approximate surface area is 121 Å². The molecular formula is C13H15Cl2NO3. The fourth-order valence-electron chi connectivity index (χ4n) is 2.27. The van der Waals surface area contributed by atoms with Crippen molar-refractivity contribution in [3.8, 4) is 5.75 Å². The molecule has 1 heterocycles. The number of aliphatic carboxylic acids is 1. The van der Waals surface area contributed by atoms with E-state index < -0.39 is 5.97 Å². The summed E-state index contributed by atoms with van der Waals surface area (Å²) in [6.07, 6.45) is 1.62. The number of ether oxygens (including phenoxy) is 1. The molecule has 0 aliphatic carbocycles. The molecular weight excluding hydrogens is 289 g/mol. The van der Waals surface area contributed by atoms with E-state index >= 15 is 0 Å². The van der Waals surface area contributed by atoms with Crippen LogP contribution in [0.4, 0.5) is 0 Å². The molecule has 1 atom stereocenters. The summed E-state index contributed by atoms with van der Waals surface area (Å²) in [5.74, 6) is -0.160. The second-order valence-electron chi connectivity index (χ2n) is 4.49. The summed E-state index contributed by atoms with van der Waals surface area (Å²) in [5.41, 5.74) is 0. The number of carbonyl (C=O) groups is 1. The van der Waals surface area contributed by atoms with Crippen LogP contribution in [-0.2, 0) is 4.79 Å². The van der Waals surface area contributed by atoms with Crippen LogP contribution in [0.25, 0.3) is 0 Å². The highest BCUT2D eigenvalue weighted by molar-refractivity contribution is 6.34. The number of halogens is 2. The highest BCUT2D eigenvalue weighted by Gasteiger charge is 2.29. The molecule has 1 saturated heterocycles. The molecule has 4 nitrogen and oxygen atoms in total. The molecule has 0 spiro atoms. The largest absolute Gasteiger partial charge is 0.492 e. The van der Waals surface area contributed by atoms with E-state index in [9.17, 15) is 4.79 Å². The van der Waals surface area contributed by atoms with Crippen LogP contribution in [0.15, 0.2) is 18.2 Å². The lowest BCUT2D eigenvalue weighted by Crippen LogP contribution is -2.38. The predicted molar refractivity (Wildman–Crippen MR) is 74.2 cm³/mol. The van der Waals surface area contributed by atoms with E-state index in [0.717, 1.165) is 13.0 Å². The molecule has 19 heavy (non-hydrogen) atoms. The van der Waals surface area contributed by atoms with Crippen LogP contribution in [0.1, 0.15) is 12.8 Å². The first-order valence-electron chi connectivity index (χ1n) is 6.12. The third-order valence-electron chi connectivity index (χ3n) is 3.13.